The number of hydrogen-bond acceptors (Lipinski definition) is 2. The first-order chi connectivity index (χ1) is 5.77. The molecule has 4 heteroatoms. The second-order valence-corrected chi connectivity index (χ2v) is 3.24. The van der Waals surface area contributed by atoms with Crippen molar-refractivity contribution in [1.82, 2.24) is 10.2 Å². The quantitative estimate of drug-likeness (QED) is 0.627. The van der Waals surface area contributed by atoms with E-state index < -0.39 is 0 Å². The molecule has 12 heavy (non-hydrogen) atoms. The summed E-state index contributed by atoms with van der Waals surface area (Å²) < 4.78 is 0. The topological polar surface area (TPSA) is 58.4 Å². The van der Waals surface area contributed by atoms with E-state index in [9.17, 15) is 4.79 Å². The molecule has 1 aliphatic heterocycles. The summed E-state index contributed by atoms with van der Waals surface area (Å²) in [6.45, 7) is 5.15. The van der Waals surface area contributed by atoms with Gasteiger partial charge in [0.25, 0.3) is 0 Å². The number of carbonyl (C=O) groups is 1. The Morgan fingerprint density at radius 3 is 2.83 bits per heavy atom. The molecule has 0 aromatic heterocycles. The van der Waals surface area contributed by atoms with Gasteiger partial charge in [-0.15, -0.1) is 0 Å². The third-order valence-electron chi connectivity index (χ3n) is 2.10. The first-order valence-electron chi connectivity index (χ1n) is 4.50. The van der Waals surface area contributed by atoms with Gasteiger partial charge in [-0.3, -0.25) is 0 Å². The minimum Gasteiger partial charge on any atom is -0.338 e. The largest absolute Gasteiger partial charge is 0.338 e. The summed E-state index contributed by atoms with van der Waals surface area (Å²) in [6, 6.07) is 0.0570. The molecule has 0 aromatic carbocycles. The van der Waals surface area contributed by atoms with Gasteiger partial charge in [-0.05, 0) is 13.0 Å². The molecule has 1 aliphatic rings. The summed E-state index contributed by atoms with van der Waals surface area (Å²) in [4.78, 5) is 13.0. The molecule has 4 nitrogen and oxygen atoms in total. The van der Waals surface area contributed by atoms with Crippen molar-refractivity contribution in [1.29, 1.82) is 0 Å². The predicted octanol–water partition coefficient (Wildman–Crippen LogP) is -0.00350. The van der Waals surface area contributed by atoms with Gasteiger partial charge in [0.05, 0.1) is 0 Å². The summed E-state index contributed by atoms with van der Waals surface area (Å²) in [5.41, 5.74) is 5.44. The van der Waals surface area contributed by atoms with E-state index in [1.165, 1.54) is 0 Å². The van der Waals surface area contributed by atoms with Crippen molar-refractivity contribution in [3.05, 3.63) is 0 Å². The second kappa shape index (κ2) is 4.30. The van der Waals surface area contributed by atoms with E-state index in [0.717, 1.165) is 26.1 Å². The number of hydrogen-bond donors (Lipinski definition) is 2. The number of nitrogens with zero attached hydrogens (tertiary/aromatic N) is 1. The summed E-state index contributed by atoms with van der Waals surface area (Å²) >= 11 is 0. The van der Waals surface area contributed by atoms with Crippen molar-refractivity contribution >= 4 is 6.03 Å². The fourth-order valence-corrected chi connectivity index (χ4v) is 1.23. The maximum atomic E-state index is 11.2. The molecule has 1 rings (SSSR count). The monoisotopic (exact) mass is 171 g/mol. The lowest BCUT2D eigenvalue weighted by Gasteiger charge is -2.38. The summed E-state index contributed by atoms with van der Waals surface area (Å²) in [5.74, 6) is 0.525. The fraction of sp³-hybridized carbons (Fsp3) is 0.875. The molecule has 3 N–H and O–H groups in total. The van der Waals surface area contributed by atoms with Gasteiger partial charge in [-0.25, -0.2) is 4.79 Å². The van der Waals surface area contributed by atoms with Crippen LogP contribution in [0.5, 0.6) is 0 Å². The lowest BCUT2D eigenvalue weighted by Crippen LogP contribution is -2.55. The number of rotatable bonds is 3. The van der Waals surface area contributed by atoms with Crippen LogP contribution in [0.2, 0.25) is 0 Å². The van der Waals surface area contributed by atoms with E-state index in [0.29, 0.717) is 12.5 Å². The minimum absolute atomic E-state index is 0.0570. The zero-order valence-electron chi connectivity index (χ0n) is 7.55. The summed E-state index contributed by atoms with van der Waals surface area (Å²) in [5, 5.41) is 2.83. The van der Waals surface area contributed by atoms with Crippen LogP contribution in [-0.2, 0) is 0 Å². The second-order valence-electron chi connectivity index (χ2n) is 3.24. The van der Waals surface area contributed by atoms with Crippen LogP contribution < -0.4 is 11.1 Å². The Bertz CT molecular complexity index is 154. The highest BCUT2D eigenvalue weighted by Gasteiger charge is 2.28. The van der Waals surface area contributed by atoms with Crippen molar-refractivity contribution in [2.24, 2.45) is 11.7 Å². The van der Waals surface area contributed by atoms with E-state index in [4.69, 9.17) is 5.73 Å². The predicted molar refractivity (Wildman–Crippen MR) is 47.8 cm³/mol. The average Bonchev–Trinajstić information content (AvgIpc) is 1.99. The molecule has 0 unspecified atom stereocenters. The van der Waals surface area contributed by atoms with Gasteiger partial charge in [-0.1, -0.05) is 6.92 Å². The van der Waals surface area contributed by atoms with E-state index >= 15 is 0 Å². The molecule has 0 atom stereocenters. The Hall–Kier alpha value is -0.770. The zero-order chi connectivity index (χ0) is 8.97. The highest BCUT2D eigenvalue weighted by Crippen LogP contribution is 2.13. The third-order valence-corrected chi connectivity index (χ3v) is 2.10. The smallest absolute Gasteiger partial charge is 0.317 e. The lowest BCUT2D eigenvalue weighted by atomic mass is 10.0. The summed E-state index contributed by atoms with van der Waals surface area (Å²) in [7, 11) is 0. The maximum Gasteiger partial charge on any atom is 0.317 e. The molecule has 2 amide bonds. The van der Waals surface area contributed by atoms with Gasteiger partial charge in [0.1, 0.15) is 0 Å². The molecule has 70 valence electrons. The Balaban J connectivity index is 2.11. The van der Waals surface area contributed by atoms with Crippen LogP contribution in [0.3, 0.4) is 0 Å². The zero-order valence-corrected chi connectivity index (χ0v) is 7.55. The normalized spacial score (nSPS) is 17.3. The van der Waals surface area contributed by atoms with E-state index in [1.807, 2.05) is 6.92 Å². The molecule has 0 bridgehead atoms. The molecule has 1 fully saturated rings. The minimum atomic E-state index is 0.0570. The molecule has 0 spiro atoms. The van der Waals surface area contributed by atoms with Crippen LogP contribution in [0.25, 0.3) is 0 Å². The van der Waals surface area contributed by atoms with Gasteiger partial charge in [-0.2, -0.15) is 0 Å². The van der Waals surface area contributed by atoms with Crippen LogP contribution in [0.4, 0.5) is 4.79 Å². The van der Waals surface area contributed by atoms with Crippen molar-refractivity contribution < 1.29 is 4.79 Å². The van der Waals surface area contributed by atoms with Crippen LogP contribution in [0, 0.1) is 5.92 Å². The van der Waals surface area contributed by atoms with E-state index in [2.05, 4.69) is 5.32 Å². The molecule has 0 aromatic rings. The van der Waals surface area contributed by atoms with Crippen molar-refractivity contribution in [2.45, 2.75) is 13.3 Å². The van der Waals surface area contributed by atoms with Crippen LogP contribution in [0.1, 0.15) is 13.3 Å². The number of carbonyl (C=O) groups excluding carboxylic acids is 1. The fourth-order valence-electron chi connectivity index (χ4n) is 1.23. The number of likely N-dealkylation sites (tertiary alicyclic amines) is 1. The van der Waals surface area contributed by atoms with Crippen molar-refractivity contribution in [2.75, 3.05) is 26.2 Å². The number of nitrogens with two attached hydrogens (primary N) is 1. The molecule has 1 saturated heterocycles. The highest BCUT2D eigenvalue weighted by molar-refractivity contribution is 5.74. The first-order valence-corrected chi connectivity index (χ1v) is 4.50. The Morgan fingerprint density at radius 1 is 1.67 bits per heavy atom. The average molecular weight is 171 g/mol. The van der Waals surface area contributed by atoms with Gasteiger partial charge < -0.3 is 16.0 Å². The third kappa shape index (κ3) is 2.11. The number of nitrogens with one attached hydrogen (secondary N) is 1. The van der Waals surface area contributed by atoms with Crippen LogP contribution in [0.15, 0.2) is 0 Å². The SMILES string of the molecule is CCCNC(=O)N1CC(CN)C1. The van der Waals surface area contributed by atoms with E-state index in [1.54, 1.807) is 4.90 Å². The Kier molecular flexibility index (Phi) is 3.34. The lowest BCUT2D eigenvalue weighted by molar-refractivity contribution is 0.125. The Morgan fingerprint density at radius 2 is 2.33 bits per heavy atom. The van der Waals surface area contributed by atoms with Gasteiger partial charge >= 0.3 is 6.03 Å². The van der Waals surface area contributed by atoms with E-state index in [-0.39, 0.29) is 6.03 Å². The Labute approximate surface area is 73.1 Å². The number of amides is 2. The molecular weight excluding hydrogens is 154 g/mol. The van der Waals surface area contributed by atoms with Gasteiger partial charge in [0.15, 0.2) is 0 Å². The number of urea groups is 1. The standard InChI is InChI=1S/C8H17N3O/c1-2-3-10-8(12)11-5-7(4-9)6-11/h7H,2-6,9H2,1H3,(H,10,12). The summed E-state index contributed by atoms with van der Waals surface area (Å²) in [6.07, 6.45) is 0.986. The van der Waals surface area contributed by atoms with Gasteiger partial charge in [0, 0.05) is 25.6 Å². The molecule has 0 radical (unpaired) electrons. The highest BCUT2D eigenvalue weighted by atomic mass is 16.2. The van der Waals surface area contributed by atoms with Crippen LogP contribution >= 0.6 is 0 Å². The van der Waals surface area contributed by atoms with Crippen molar-refractivity contribution in [3.8, 4) is 0 Å². The molecule has 0 saturated carbocycles. The molecule has 0 aliphatic carbocycles. The molecule has 1 heterocycles. The van der Waals surface area contributed by atoms with Gasteiger partial charge in [0.2, 0.25) is 0 Å². The van der Waals surface area contributed by atoms with Crippen molar-refractivity contribution in [3.63, 3.8) is 0 Å². The van der Waals surface area contributed by atoms with Crippen LogP contribution in [-0.4, -0.2) is 37.1 Å². The maximum absolute atomic E-state index is 11.2. The molecular formula is C8H17N3O. The first kappa shape index (κ1) is 9.32.